The molecule has 158 valence electrons. The Morgan fingerprint density at radius 3 is 2.50 bits per heavy atom. The van der Waals surface area contributed by atoms with Gasteiger partial charge in [-0.25, -0.2) is 0 Å². The molecular weight excluding hydrogens is 398 g/mol. The molecule has 1 saturated heterocycles. The van der Waals surface area contributed by atoms with Crippen LogP contribution in [0.2, 0.25) is 5.02 Å². The molecule has 30 heavy (non-hydrogen) atoms. The van der Waals surface area contributed by atoms with Crippen molar-refractivity contribution in [2.24, 2.45) is 0 Å². The van der Waals surface area contributed by atoms with Crippen molar-refractivity contribution in [3.05, 3.63) is 65.3 Å². The Bertz CT molecular complexity index is 991. The highest BCUT2D eigenvalue weighted by Crippen LogP contribution is 2.23. The molecule has 1 fully saturated rings. The van der Waals surface area contributed by atoms with Gasteiger partial charge in [0.15, 0.2) is 0 Å². The Labute approximate surface area is 182 Å². The van der Waals surface area contributed by atoms with Gasteiger partial charge in [-0.1, -0.05) is 29.8 Å². The molecule has 5 nitrogen and oxygen atoms in total. The number of para-hydroxylation sites is 1. The third-order valence-electron chi connectivity index (χ3n) is 5.74. The molecule has 1 aliphatic heterocycles. The first kappa shape index (κ1) is 20.8. The highest BCUT2D eigenvalue weighted by Gasteiger charge is 2.18. The maximum absolute atomic E-state index is 12.0. The maximum Gasteiger partial charge on any atom is 0.325 e. The lowest BCUT2D eigenvalue weighted by Crippen LogP contribution is -2.46. The van der Waals surface area contributed by atoms with Crippen LogP contribution < -0.4 is 4.90 Å². The van der Waals surface area contributed by atoms with Crippen molar-refractivity contribution in [3.63, 3.8) is 0 Å². The monoisotopic (exact) mass is 425 g/mol. The van der Waals surface area contributed by atoms with Gasteiger partial charge in [0.1, 0.15) is 6.54 Å². The molecule has 1 aromatic heterocycles. The number of nitrogens with zero attached hydrogens (tertiary/aromatic N) is 3. The third kappa shape index (κ3) is 4.79. The van der Waals surface area contributed by atoms with E-state index in [1.807, 2.05) is 29.7 Å². The second kappa shape index (κ2) is 9.54. The number of aromatic nitrogens is 1. The fourth-order valence-corrected chi connectivity index (χ4v) is 4.28. The van der Waals surface area contributed by atoms with Crippen molar-refractivity contribution < 1.29 is 9.53 Å². The van der Waals surface area contributed by atoms with E-state index in [2.05, 4.69) is 46.3 Å². The number of fused-ring (bicyclic) bond motifs is 1. The van der Waals surface area contributed by atoms with Crippen LogP contribution in [0, 0.1) is 0 Å². The van der Waals surface area contributed by atoms with E-state index >= 15 is 0 Å². The molecule has 2 aromatic carbocycles. The number of carbonyl (C=O) groups excluding carboxylic acids is 1. The zero-order chi connectivity index (χ0) is 20.9. The minimum Gasteiger partial charge on any atom is -0.465 e. The first-order chi connectivity index (χ1) is 14.6. The number of anilines is 1. The van der Waals surface area contributed by atoms with Crippen LogP contribution in [0.5, 0.6) is 0 Å². The molecule has 0 spiro atoms. The Morgan fingerprint density at radius 2 is 1.77 bits per heavy atom. The van der Waals surface area contributed by atoms with Gasteiger partial charge in [-0.05, 0) is 49.2 Å². The van der Waals surface area contributed by atoms with Crippen LogP contribution in [0.15, 0.2) is 54.7 Å². The number of ether oxygens (including phenoxy) is 1. The largest absolute Gasteiger partial charge is 0.465 e. The number of benzene rings is 2. The smallest absolute Gasteiger partial charge is 0.325 e. The average Bonchev–Trinajstić information content (AvgIpc) is 3.11. The summed E-state index contributed by atoms with van der Waals surface area (Å²) in [5.41, 5.74) is 3.62. The lowest BCUT2D eigenvalue weighted by atomic mass is 10.1. The van der Waals surface area contributed by atoms with E-state index in [9.17, 15) is 4.79 Å². The SMILES string of the molecule is CCOC(=O)Cn1cc(CCN2CCN(c3ccc(Cl)cc3)CC2)c2ccccc21. The number of hydrogen-bond donors (Lipinski definition) is 0. The summed E-state index contributed by atoms with van der Waals surface area (Å²) in [5.74, 6) is -0.192. The number of carbonyl (C=O) groups is 1. The highest BCUT2D eigenvalue weighted by atomic mass is 35.5. The summed E-state index contributed by atoms with van der Waals surface area (Å²) in [6.45, 7) is 7.65. The third-order valence-corrected chi connectivity index (χ3v) is 5.99. The number of halogens is 1. The standard InChI is InChI=1S/C24H28ClN3O2/c1-2-30-24(29)18-28-17-19(22-5-3-4-6-23(22)28)11-12-26-13-15-27(16-14-26)21-9-7-20(25)8-10-21/h3-10,17H,2,11-16,18H2,1H3. The predicted octanol–water partition coefficient (Wildman–Crippen LogP) is 4.22. The highest BCUT2D eigenvalue weighted by molar-refractivity contribution is 6.30. The summed E-state index contributed by atoms with van der Waals surface area (Å²) in [7, 11) is 0. The topological polar surface area (TPSA) is 37.7 Å². The van der Waals surface area contributed by atoms with Crippen LogP contribution in [0.4, 0.5) is 5.69 Å². The van der Waals surface area contributed by atoms with Gasteiger partial charge in [-0.15, -0.1) is 0 Å². The Kier molecular flexibility index (Phi) is 6.60. The second-order valence-electron chi connectivity index (χ2n) is 7.66. The Morgan fingerprint density at radius 1 is 1.03 bits per heavy atom. The van der Waals surface area contributed by atoms with Crippen LogP contribution in [0.25, 0.3) is 10.9 Å². The van der Waals surface area contributed by atoms with E-state index in [-0.39, 0.29) is 12.5 Å². The van der Waals surface area contributed by atoms with Crippen molar-refractivity contribution in [2.75, 3.05) is 44.2 Å². The van der Waals surface area contributed by atoms with Gasteiger partial charge in [0, 0.05) is 60.5 Å². The molecule has 0 radical (unpaired) electrons. The van der Waals surface area contributed by atoms with Gasteiger partial charge in [-0.3, -0.25) is 9.69 Å². The molecule has 0 saturated carbocycles. The molecule has 0 amide bonds. The summed E-state index contributed by atoms with van der Waals surface area (Å²) in [5, 5.41) is 2.00. The minimum absolute atomic E-state index is 0.192. The molecule has 0 unspecified atom stereocenters. The van der Waals surface area contributed by atoms with E-state index < -0.39 is 0 Å². The van der Waals surface area contributed by atoms with Crippen molar-refractivity contribution in [3.8, 4) is 0 Å². The predicted molar refractivity (Wildman–Crippen MR) is 122 cm³/mol. The lowest BCUT2D eigenvalue weighted by Gasteiger charge is -2.36. The average molecular weight is 426 g/mol. The van der Waals surface area contributed by atoms with E-state index in [1.165, 1.54) is 16.6 Å². The quantitative estimate of drug-likeness (QED) is 0.531. The second-order valence-corrected chi connectivity index (χ2v) is 8.10. The molecule has 0 N–H and O–H groups in total. The molecule has 3 aromatic rings. The molecular formula is C24H28ClN3O2. The van der Waals surface area contributed by atoms with E-state index in [1.54, 1.807) is 0 Å². The molecule has 4 rings (SSSR count). The van der Waals surface area contributed by atoms with Gasteiger partial charge in [-0.2, -0.15) is 0 Å². The van der Waals surface area contributed by atoms with Crippen LogP contribution >= 0.6 is 11.6 Å². The van der Waals surface area contributed by atoms with Crippen molar-refractivity contribution in [1.29, 1.82) is 0 Å². The van der Waals surface area contributed by atoms with Crippen LogP contribution in [0.3, 0.4) is 0 Å². The van der Waals surface area contributed by atoms with E-state index in [0.29, 0.717) is 6.61 Å². The molecule has 2 heterocycles. The summed E-state index contributed by atoms with van der Waals surface area (Å²) in [6, 6.07) is 16.4. The number of piperazine rings is 1. The van der Waals surface area contributed by atoms with Gasteiger partial charge >= 0.3 is 5.97 Å². The number of rotatable bonds is 7. The van der Waals surface area contributed by atoms with Crippen LogP contribution in [-0.4, -0.2) is 54.8 Å². The summed E-state index contributed by atoms with van der Waals surface area (Å²) >= 11 is 6.01. The van der Waals surface area contributed by atoms with Gasteiger partial charge in [0.2, 0.25) is 0 Å². The Hall–Kier alpha value is -2.50. The maximum atomic E-state index is 12.0. The molecule has 0 bridgehead atoms. The Balaban J connectivity index is 1.37. The van der Waals surface area contributed by atoms with Crippen molar-refractivity contribution in [2.45, 2.75) is 19.9 Å². The first-order valence-electron chi connectivity index (χ1n) is 10.6. The normalized spacial score (nSPS) is 14.9. The molecule has 6 heteroatoms. The summed E-state index contributed by atoms with van der Waals surface area (Å²) < 4.78 is 7.15. The fraction of sp³-hybridized carbons (Fsp3) is 0.375. The van der Waals surface area contributed by atoms with Crippen LogP contribution in [-0.2, 0) is 22.5 Å². The van der Waals surface area contributed by atoms with Gasteiger partial charge < -0.3 is 14.2 Å². The zero-order valence-corrected chi connectivity index (χ0v) is 18.1. The van der Waals surface area contributed by atoms with E-state index in [0.717, 1.165) is 49.7 Å². The molecule has 0 atom stereocenters. The zero-order valence-electron chi connectivity index (χ0n) is 17.4. The summed E-state index contributed by atoms with van der Waals surface area (Å²) in [6.07, 6.45) is 3.09. The van der Waals surface area contributed by atoms with Crippen molar-refractivity contribution in [1.82, 2.24) is 9.47 Å². The van der Waals surface area contributed by atoms with E-state index in [4.69, 9.17) is 16.3 Å². The van der Waals surface area contributed by atoms with Gasteiger partial charge in [0.05, 0.1) is 6.61 Å². The fourth-order valence-electron chi connectivity index (χ4n) is 4.16. The number of esters is 1. The lowest BCUT2D eigenvalue weighted by molar-refractivity contribution is -0.143. The summed E-state index contributed by atoms with van der Waals surface area (Å²) in [4.78, 5) is 16.9. The number of hydrogen-bond acceptors (Lipinski definition) is 4. The first-order valence-corrected chi connectivity index (χ1v) is 11.0. The van der Waals surface area contributed by atoms with Crippen molar-refractivity contribution >= 4 is 34.2 Å². The minimum atomic E-state index is -0.192. The van der Waals surface area contributed by atoms with Crippen LogP contribution in [0.1, 0.15) is 12.5 Å². The molecule has 0 aliphatic carbocycles. The molecule has 1 aliphatic rings. The van der Waals surface area contributed by atoms with Gasteiger partial charge in [0.25, 0.3) is 0 Å².